The summed E-state index contributed by atoms with van der Waals surface area (Å²) in [5.74, 6) is 0. The molecule has 2 N–H and O–H groups in total. The number of hydrogen-bond donors (Lipinski definition) is 1. The maximum absolute atomic E-state index is 5.40. The van der Waals surface area contributed by atoms with E-state index in [0.29, 0.717) is 6.54 Å². The van der Waals surface area contributed by atoms with Crippen LogP contribution in [0.1, 0.15) is 11.3 Å². The third kappa shape index (κ3) is 1.36. The Balaban J connectivity index is 2.81. The van der Waals surface area contributed by atoms with Crippen LogP contribution >= 0.6 is 0 Å². The first kappa shape index (κ1) is 7.28. The highest BCUT2D eigenvalue weighted by molar-refractivity contribution is 5.15. The zero-order valence-corrected chi connectivity index (χ0v) is 6.46. The van der Waals surface area contributed by atoms with Crippen LogP contribution in [-0.2, 0) is 13.5 Å². The summed E-state index contributed by atoms with van der Waals surface area (Å²) in [7, 11) is 1.92. The fourth-order valence-electron chi connectivity index (χ4n) is 1.05. The quantitative estimate of drug-likeness (QED) is 0.637. The molecule has 1 rings (SSSR count). The molecule has 0 saturated heterocycles. The van der Waals surface area contributed by atoms with Crippen LogP contribution < -0.4 is 5.73 Å². The third-order valence-electron chi connectivity index (χ3n) is 1.53. The lowest BCUT2D eigenvalue weighted by Gasteiger charge is -1.90. The molecule has 0 spiro atoms. The molecule has 0 atom stereocenters. The number of nitrogens with zero attached hydrogens (tertiary/aromatic N) is 2. The van der Waals surface area contributed by atoms with Crippen molar-refractivity contribution >= 4 is 0 Å². The van der Waals surface area contributed by atoms with E-state index < -0.39 is 0 Å². The minimum absolute atomic E-state index is 0.701. The van der Waals surface area contributed by atoms with Gasteiger partial charge in [-0.3, -0.25) is 4.68 Å². The summed E-state index contributed by atoms with van der Waals surface area (Å²) < 4.78 is 1.82. The molecule has 0 aliphatic rings. The van der Waals surface area contributed by atoms with Crippen molar-refractivity contribution in [3.05, 3.63) is 17.5 Å². The van der Waals surface area contributed by atoms with Crippen molar-refractivity contribution in [2.45, 2.75) is 13.3 Å². The van der Waals surface area contributed by atoms with Crippen molar-refractivity contribution in [3.63, 3.8) is 0 Å². The van der Waals surface area contributed by atoms with Crippen LogP contribution in [0.2, 0.25) is 0 Å². The Labute approximate surface area is 60.8 Å². The van der Waals surface area contributed by atoms with Gasteiger partial charge in [0.05, 0.1) is 5.69 Å². The van der Waals surface area contributed by atoms with Crippen molar-refractivity contribution in [3.8, 4) is 0 Å². The molecule has 1 aromatic heterocycles. The summed E-state index contributed by atoms with van der Waals surface area (Å²) in [4.78, 5) is 0. The Morgan fingerprint density at radius 1 is 1.70 bits per heavy atom. The van der Waals surface area contributed by atoms with Gasteiger partial charge in [-0.15, -0.1) is 0 Å². The summed E-state index contributed by atoms with van der Waals surface area (Å²) in [6.07, 6.45) is 2.95. The Morgan fingerprint density at radius 2 is 2.40 bits per heavy atom. The van der Waals surface area contributed by atoms with Gasteiger partial charge in [-0.1, -0.05) is 0 Å². The first-order chi connectivity index (χ1) is 4.74. The summed E-state index contributed by atoms with van der Waals surface area (Å²) in [6, 6.07) is 0. The van der Waals surface area contributed by atoms with Gasteiger partial charge in [0.15, 0.2) is 0 Å². The maximum Gasteiger partial charge on any atom is 0.0626 e. The molecule has 1 heterocycles. The molecule has 0 bridgehead atoms. The predicted octanol–water partition coefficient (Wildman–Crippen LogP) is 0.230. The van der Waals surface area contributed by atoms with Gasteiger partial charge >= 0.3 is 0 Å². The standard InChI is InChI=1S/C7H13N3/c1-6-7(3-4-8)5-10(2)9-6/h5H,3-4,8H2,1-2H3. The van der Waals surface area contributed by atoms with E-state index in [1.807, 2.05) is 24.9 Å². The minimum atomic E-state index is 0.701. The lowest BCUT2D eigenvalue weighted by molar-refractivity contribution is 0.756. The molecular weight excluding hydrogens is 126 g/mol. The highest BCUT2D eigenvalue weighted by Gasteiger charge is 1.99. The Hall–Kier alpha value is -0.830. The molecule has 0 aromatic carbocycles. The lowest BCUT2D eigenvalue weighted by atomic mass is 10.2. The maximum atomic E-state index is 5.40. The van der Waals surface area contributed by atoms with Crippen LogP contribution in [0.25, 0.3) is 0 Å². The number of rotatable bonds is 2. The molecule has 0 unspecified atom stereocenters. The van der Waals surface area contributed by atoms with E-state index in [2.05, 4.69) is 5.10 Å². The number of nitrogens with two attached hydrogens (primary N) is 1. The summed E-state index contributed by atoms with van der Waals surface area (Å²) in [5.41, 5.74) is 7.75. The van der Waals surface area contributed by atoms with Crippen molar-refractivity contribution in [1.29, 1.82) is 0 Å². The smallest absolute Gasteiger partial charge is 0.0626 e. The van der Waals surface area contributed by atoms with E-state index in [9.17, 15) is 0 Å². The molecule has 0 amide bonds. The summed E-state index contributed by atoms with van der Waals surface area (Å²) in [6.45, 7) is 2.71. The van der Waals surface area contributed by atoms with E-state index in [4.69, 9.17) is 5.73 Å². The molecule has 0 aliphatic heterocycles. The van der Waals surface area contributed by atoms with Gasteiger partial charge in [0.1, 0.15) is 0 Å². The fraction of sp³-hybridized carbons (Fsp3) is 0.571. The average molecular weight is 139 g/mol. The topological polar surface area (TPSA) is 43.8 Å². The van der Waals surface area contributed by atoms with Crippen molar-refractivity contribution in [1.82, 2.24) is 9.78 Å². The number of aromatic nitrogens is 2. The van der Waals surface area contributed by atoms with Gasteiger partial charge in [-0.2, -0.15) is 5.10 Å². The van der Waals surface area contributed by atoms with Crippen LogP contribution in [0.15, 0.2) is 6.20 Å². The van der Waals surface area contributed by atoms with E-state index in [1.165, 1.54) is 5.56 Å². The molecule has 0 fully saturated rings. The van der Waals surface area contributed by atoms with Crippen LogP contribution in [-0.4, -0.2) is 16.3 Å². The average Bonchev–Trinajstić information content (AvgIpc) is 2.13. The Morgan fingerprint density at radius 3 is 2.80 bits per heavy atom. The van der Waals surface area contributed by atoms with Crippen molar-refractivity contribution < 1.29 is 0 Å². The van der Waals surface area contributed by atoms with Crippen molar-refractivity contribution in [2.75, 3.05) is 6.54 Å². The molecule has 0 radical (unpaired) electrons. The fourth-order valence-corrected chi connectivity index (χ4v) is 1.05. The molecule has 10 heavy (non-hydrogen) atoms. The first-order valence-corrected chi connectivity index (χ1v) is 3.43. The minimum Gasteiger partial charge on any atom is -0.330 e. The van der Waals surface area contributed by atoms with Crippen LogP contribution in [0.5, 0.6) is 0 Å². The van der Waals surface area contributed by atoms with Crippen LogP contribution in [0, 0.1) is 6.92 Å². The summed E-state index contributed by atoms with van der Waals surface area (Å²) >= 11 is 0. The van der Waals surface area contributed by atoms with Gasteiger partial charge < -0.3 is 5.73 Å². The molecule has 3 heteroatoms. The van der Waals surface area contributed by atoms with Gasteiger partial charge in [0.25, 0.3) is 0 Å². The zero-order chi connectivity index (χ0) is 7.56. The SMILES string of the molecule is Cc1nn(C)cc1CCN. The van der Waals surface area contributed by atoms with Gasteiger partial charge in [-0.05, 0) is 25.5 Å². The van der Waals surface area contributed by atoms with Gasteiger partial charge in [0, 0.05) is 13.2 Å². The van der Waals surface area contributed by atoms with E-state index in [1.54, 1.807) is 0 Å². The second-order valence-corrected chi connectivity index (χ2v) is 2.45. The van der Waals surface area contributed by atoms with Crippen LogP contribution in [0.3, 0.4) is 0 Å². The van der Waals surface area contributed by atoms with Crippen LogP contribution in [0.4, 0.5) is 0 Å². The van der Waals surface area contributed by atoms with Crippen molar-refractivity contribution in [2.24, 2.45) is 12.8 Å². The second kappa shape index (κ2) is 2.84. The lowest BCUT2D eigenvalue weighted by Crippen LogP contribution is -2.02. The zero-order valence-electron chi connectivity index (χ0n) is 6.46. The Kier molecular flexibility index (Phi) is 2.06. The largest absolute Gasteiger partial charge is 0.330 e. The third-order valence-corrected chi connectivity index (χ3v) is 1.53. The Bertz CT molecular complexity index is 215. The van der Waals surface area contributed by atoms with Gasteiger partial charge in [-0.25, -0.2) is 0 Å². The van der Waals surface area contributed by atoms with E-state index in [-0.39, 0.29) is 0 Å². The molecule has 56 valence electrons. The molecular formula is C7H13N3. The van der Waals surface area contributed by atoms with E-state index >= 15 is 0 Å². The first-order valence-electron chi connectivity index (χ1n) is 3.43. The second-order valence-electron chi connectivity index (χ2n) is 2.45. The number of aryl methyl sites for hydroxylation is 2. The number of hydrogen-bond acceptors (Lipinski definition) is 2. The molecule has 1 aromatic rings. The highest BCUT2D eigenvalue weighted by Crippen LogP contribution is 2.03. The van der Waals surface area contributed by atoms with Gasteiger partial charge in [0.2, 0.25) is 0 Å². The monoisotopic (exact) mass is 139 g/mol. The molecule has 3 nitrogen and oxygen atoms in total. The predicted molar refractivity (Wildman–Crippen MR) is 40.7 cm³/mol. The highest BCUT2D eigenvalue weighted by atomic mass is 15.2. The normalized spacial score (nSPS) is 10.3. The summed E-state index contributed by atoms with van der Waals surface area (Å²) in [5, 5.41) is 4.19. The molecule has 0 aliphatic carbocycles. The van der Waals surface area contributed by atoms with E-state index in [0.717, 1.165) is 12.1 Å². The molecule has 0 saturated carbocycles.